The Labute approximate surface area is 270 Å². The van der Waals surface area contributed by atoms with Crippen molar-refractivity contribution in [3.05, 3.63) is 6.42 Å². The van der Waals surface area contributed by atoms with Gasteiger partial charge in [-0.3, -0.25) is 0 Å². The van der Waals surface area contributed by atoms with Crippen LogP contribution in [-0.2, 0) is 0 Å². The second-order valence-corrected chi connectivity index (χ2v) is 14.2. The quantitative estimate of drug-likeness (QED) is 0.0625. The van der Waals surface area contributed by atoms with Crippen LogP contribution in [0.3, 0.4) is 0 Å². The molecule has 0 aliphatic heterocycles. The van der Waals surface area contributed by atoms with E-state index in [1.165, 1.54) is 250 Å². The minimum Gasteiger partial charge on any atom is -0.0654 e. The van der Waals surface area contributed by atoms with Crippen LogP contribution in [0.1, 0.15) is 264 Å². The average Bonchev–Trinajstić information content (AvgIpc) is 3.00. The van der Waals surface area contributed by atoms with Gasteiger partial charge < -0.3 is 0 Å². The van der Waals surface area contributed by atoms with E-state index >= 15 is 0 Å². The van der Waals surface area contributed by atoms with Gasteiger partial charge in [-0.2, -0.15) is 0 Å². The smallest absolute Gasteiger partial charge is 0.0386 e. The highest BCUT2D eigenvalue weighted by atomic mass is 14.0. The van der Waals surface area contributed by atoms with Gasteiger partial charge in [0.15, 0.2) is 0 Å². The average molecular weight is 590 g/mol. The molecule has 0 spiro atoms. The molecule has 0 aliphatic carbocycles. The fourth-order valence-electron chi connectivity index (χ4n) is 6.70. The maximum absolute atomic E-state index is 2.59. The molecule has 0 bridgehead atoms. The van der Waals surface area contributed by atoms with Crippen molar-refractivity contribution >= 4 is 0 Å². The highest BCUT2D eigenvalue weighted by Crippen LogP contribution is 2.17. The van der Waals surface area contributed by atoms with Gasteiger partial charge in [-0.1, -0.05) is 264 Å². The van der Waals surface area contributed by atoms with Crippen LogP contribution in [0.25, 0.3) is 0 Å². The summed E-state index contributed by atoms with van der Waals surface area (Å²) >= 11 is 0. The predicted molar refractivity (Wildman–Crippen MR) is 196 cm³/mol. The Morgan fingerprint density at radius 2 is 0.333 bits per heavy atom. The molecule has 0 saturated heterocycles. The molecular weight excluding hydrogens is 504 g/mol. The molecule has 0 unspecified atom stereocenters. The highest BCUT2D eigenvalue weighted by molar-refractivity contribution is 4.65. The Morgan fingerprint density at radius 1 is 0.190 bits per heavy atom. The van der Waals surface area contributed by atoms with Crippen LogP contribution in [0.2, 0.25) is 0 Å². The van der Waals surface area contributed by atoms with Crippen LogP contribution >= 0.6 is 0 Å². The molecule has 0 amide bonds. The number of hydrogen-bond acceptors (Lipinski definition) is 0. The molecule has 0 aliphatic rings. The normalized spacial score (nSPS) is 11.6. The zero-order chi connectivity index (χ0) is 30.3. The first-order chi connectivity index (χ1) is 20.9. The molecule has 0 nitrogen and oxygen atoms in total. The Morgan fingerprint density at radius 3 is 0.500 bits per heavy atom. The minimum atomic E-state index is 1.37. The zero-order valence-corrected chi connectivity index (χ0v) is 30.2. The first kappa shape index (κ1) is 42.0. The first-order valence-corrected chi connectivity index (χ1v) is 20.7. The summed E-state index contributed by atoms with van der Waals surface area (Å²) in [6, 6.07) is 0. The van der Waals surface area contributed by atoms with E-state index in [0.29, 0.717) is 0 Å². The molecule has 0 N–H and O–H groups in total. The third-order valence-electron chi connectivity index (χ3n) is 9.77. The molecule has 42 heavy (non-hydrogen) atoms. The Balaban J connectivity index is 3.02. The van der Waals surface area contributed by atoms with Gasteiger partial charge in [-0.05, 0) is 6.42 Å². The van der Waals surface area contributed by atoms with Crippen molar-refractivity contribution in [3.63, 3.8) is 0 Å². The summed E-state index contributed by atoms with van der Waals surface area (Å²) in [5, 5.41) is 0. The Bertz CT molecular complexity index is 386. The van der Waals surface area contributed by atoms with Crippen LogP contribution < -0.4 is 0 Å². The summed E-state index contributed by atoms with van der Waals surface area (Å²) in [6.07, 6.45) is 59.9. The van der Waals surface area contributed by atoms with Gasteiger partial charge in [0.1, 0.15) is 0 Å². The third kappa shape index (κ3) is 40.0. The van der Waals surface area contributed by atoms with Crippen LogP contribution in [-0.4, -0.2) is 0 Å². The summed E-state index contributed by atoms with van der Waals surface area (Å²) in [7, 11) is 0. The summed E-state index contributed by atoms with van der Waals surface area (Å²) in [4.78, 5) is 0. The summed E-state index contributed by atoms with van der Waals surface area (Å²) < 4.78 is 0. The van der Waals surface area contributed by atoms with Gasteiger partial charge in [0.05, 0.1) is 0 Å². The molecule has 0 heteroatoms. The largest absolute Gasteiger partial charge is 0.0654 e. The topological polar surface area (TPSA) is 0 Å². The Hall–Kier alpha value is 0. The lowest BCUT2D eigenvalue weighted by molar-refractivity contribution is 0.515. The number of hydrogen-bond donors (Lipinski definition) is 0. The van der Waals surface area contributed by atoms with Gasteiger partial charge in [-0.25, -0.2) is 0 Å². The molecule has 0 rings (SSSR count). The van der Waals surface area contributed by atoms with E-state index in [1.807, 2.05) is 0 Å². The van der Waals surface area contributed by atoms with E-state index in [4.69, 9.17) is 0 Å². The predicted octanol–water partition coefficient (Wildman–Crippen LogP) is 16.4. The lowest BCUT2D eigenvalue weighted by atomic mass is 10.0. The molecule has 253 valence electrons. The SMILES string of the molecule is CCCCCCCCCCCCC[CH]CCCCCCCCCCCCCCCCCCCCCCCCCCCC. The van der Waals surface area contributed by atoms with Crippen molar-refractivity contribution in [1.82, 2.24) is 0 Å². The fourth-order valence-corrected chi connectivity index (χ4v) is 6.70. The van der Waals surface area contributed by atoms with Crippen molar-refractivity contribution < 1.29 is 0 Å². The molecule has 0 aromatic carbocycles. The van der Waals surface area contributed by atoms with E-state index in [2.05, 4.69) is 20.3 Å². The molecule has 0 saturated carbocycles. The van der Waals surface area contributed by atoms with Crippen LogP contribution in [0.15, 0.2) is 0 Å². The second-order valence-electron chi connectivity index (χ2n) is 14.2. The molecule has 1 radical (unpaired) electrons. The molecule has 0 atom stereocenters. The molecule has 0 aromatic heterocycles. The highest BCUT2D eigenvalue weighted by Gasteiger charge is 1.98. The molecule has 0 fully saturated rings. The Kier molecular flexibility index (Phi) is 41.0. The maximum Gasteiger partial charge on any atom is -0.0386 e. The van der Waals surface area contributed by atoms with Gasteiger partial charge in [0.25, 0.3) is 0 Å². The van der Waals surface area contributed by atoms with Gasteiger partial charge in [0.2, 0.25) is 0 Å². The molecule has 0 aromatic rings. The van der Waals surface area contributed by atoms with Crippen LogP contribution in [0.5, 0.6) is 0 Å². The van der Waals surface area contributed by atoms with Crippen molar-refractivity contribution in [3.8, 4) is 0 Å². The summed E-state index contributed by atoms with van der Waals surface area (Å²) in [5.74, 6) is 0. The first-order valence-electron chi connectivity index (χ1n) is 20.7. The van der Waals surface area contributed by atoms with E-state index in [9.17, 15) is 0 Å². The second kappa shape index (κ2) is 41.0. The molecular formula is C42H85. The standard InChI is InChI=1S/C42H85/c1-3-5-7-9-11-13-15-17-19-21-23-25-27-29-31-33-35-37-39-41-42-40-38-36-34-32-30-28-26-24-22-20-18-16-14-12-10-8-6-4-2/h27H,3-26,28-42H2,1-2H3. The minimum absolute atomic E-state index is 1.37. The number of unbranched alkanes of at least 4 members (excludes halogenated alkanes) is 39. The lowest BCUT2D eigenvalue weighted by Gasteiger charge is -2.05. The summed E-state index contributed by atoms with van der Waals surface area (Å²) in [6.45, 7) is 4.62. The fraction of sp³-hybridized carbons (Fsp3) is 0.976. The van der Waals surface area contributed by atoms with Crippen LogP contribution in [0, 0.1) is 6.42 Å². The van der Waals surface area contributed by atoms with Crippen molar-refractivity contribution in [2.75, 3.05) is 0 Å². The zero-order valence-electron chi connectivity index (χ0n) is 30.2. The van der Waals surface area contributed by atoms with Gasteiger partial charge in [-0.15, -0.1) is 0 Å². The van der Waals surface area contributed by atoms with E-state index in [-0.39, 0.29) is 0 Å². The van der Waals surface area contributed by atoms with Crippen molar-refractivity contribution in [1.29, 1.82) is 0 Å². The third-order valence-corrected chi connectivity index (χ3v) is 9.77. The lowest BCUT2D eigenvalue weighted by Crippen LogP contribution is -1.85. The van der Waals surface area contributed by atoms with Crippen LogP contribution in [0.4, 0.5) is 0 Å². The van der Waals surface area contributed by atoms with Gasteiger partial charge in [0, 0.05) is 0 Å². The maximum atomic E-state index is 2.59. The van der Waals surface area contributed by atoms with Crippen molar-refractivity contribution in [2.45, 2.75) is 264 Å². The van der Waals surface area contributed by atoms with Gasteiger partial charge >= 0.3 is 0 Å². The van der Waals surface area contributed by atoms with E-state index in [0.717, 1.165) is 0 Å². The van der Waals surface area contributed by atoms with E-state index in [1.54, 1.807) is 0 Å². The summed E-state index contributed by atoms with van der Waals surface area (Å²) in [5.41, 5.74) is 0. The van der Waals surface area contributed by atoms with Crippen molar-refractivity contribution in [2.24, 2.45) is 0 Å². The molecule has 0 heterocycles. The number of rotatable bonds is 39. The monoisotopic (exact) mass is 590 g/mol. The van der Waals surface area contributed by atoms with E-state index < -0.39 is 0 Å².